The predicted octanol–water partition coefficient (Wildman–Crippen LogP) is 3.52. The van der Waals surface area contributed by atoms with Crippen molar-refractivity contribution in [3.05, 3.63) is 54.7 Å². The lowest BCUT2D eigenvalue weighted by Gasteiger charge is -2.08. The summed E-state index contributed by atoms with van der Waals surface area (Å²) in [5.41, 5.74) is 1.80. The number of hydrogen-bond acceptors (Lipinski definition) is 5. The zero-order valence-electron chi connectivity index (χ0n) is 13.0. The van der Waals surface area contributed by atoms with Crippen LogP contribution in [-0.4, -0.2) is 30.2 Å². The highest BCUT2D eigenvalue weighted by molar-refractivity contribution is 5.75. The molecule has 5 nitrogen and oxygen atoms in total. The molecule has 0 saturated heterocycles. The number of hydrogen-bond donors (Lipinski definition) is 1. The lowest BCUT2D eigenvalue weighted by atomic mass is 10.3. The van der Waals surface area contributed by atoms with Crippen molar-refractivity contribution in [1.29, 1.82) is 0 Å². The molecule has 2 aromatic carbocycles. The highest BCUT2D eigenvalue weighted by atomic mass is 16.5. The molecule has 0 aliphatic heterocycles. The van der Waals surface area contributed by atoms with Gasteiger partial charge in [-0.2, -0.15) is 0 Å². The molecule has 0 atom stereocenters. The molecule has 0 amide bonds. The summed E-state index contributed by atoms with van der Waals surface area (Å²) in [5.74, 6) is 2.46. The van der Waals surface area contributed by atoms with Gasteiger partial charge in [0.25, 0.3) is 0 Å². The van der Waals surface area contributed by atoms with Gasteiger partial charge in [0.2, 0.25) is 0 Å². The summed E-state index contributed by atoms with van der Waals surface area (Å²) in [7, 11) is 1.65. The zero-order chi connectivity index (χ0) is 15.9. The average molecular weight is 309 g/mol. The van der Waals surface area contributed by atoms with E-state index in [4.69, 9.17) is 9.47 Å². The Labute approximate surface area is 135 Å². The van der Waals surface area contributed by atoms with E-state index in [1.165, 1.54) is 0 Å². The fourth-order valence-corrected chi connectivity index (χ4v) is 2.19. The van der Waals surface area contributed by atoms with Crippen LogP contribution < -0.4 is 14.8 Å². The Morgan fingerprint density at radius 1 is 0.957 bits per heavy atom. The van der Waals surface area contributed by atoms with E-state index >= 15 is 0 Å². The van der Waals surface area contributed by atoms with Crippen molar-refractivity contribution in [3.8, 4) is 11.5 Å². The van der Waals surface area contributed by atoms with Gasteiger partial charge >= 0.3 is 0 Å². The summed E-state index contributed by atoms with van der Waals surface area (Å²) in [6.07, 6.45) is 2.63. The molecule has 3 rings (SSSR count). The third-order valence-electron chi connectivity index (χ3n) is 3.40. The van der Waals surface area contributed by atoms with Gasteiger partial charge in [-0.1, -0.05) is 12.1 Å². The van der Waals surface area contributed by atoms with Crippen LogP contribution in [0.15, 0.2) is 54.7 Å². The molecule has 1 N–H and O–H groups in total. The first-order chi connectivity index (χ1) is 11.3. The number of para-hydroxylation sites is 2. The van der Waals surface area contributed by atoms with Crippen LogP contribution in [0.2, 0.25) is 0 Å². The molecule has 0 aliphatic carbocycles. The number of benzene rings is 2. The average Bonchev–Trinajstić information content (AvgIpc) is 2.62. The zero-order valence-corrected chi connectivity index (χ0v) is 13.0. The Morgan fingerprint density at radius 3 is 2.48 bits per heavy atom. The Bertz CT molecular complexity index is 760. The maximum Gasteiger partial charge on any atom is 0.145 e. The molecule has 5 heteroatoms. The van der Waals surface area contributed by atoms with E-state index in [1.807, 2.05) is 48.5 Å². The predicted molar refractivity (Wildman–Crippen MR) is 91.1 cm³/mol. The van der Waals surface area contributed by atoms with E-state index < -0.39 is 0 Å². The van der Waals surface area contributed by atoms with Crippen molar-refractivity contribution in [1.82, 2.24) is 9.97 Å². The van der Waals surface area contributed by atoms with E-state index in [-0.39, 0.29) is 0 Å². The minimum Gasteiger partial charge on any atom is -0.497 e. The van der Waals surface area contributed by atoms with E-state index in [2.05, 4.69) is 15.3 Å². The van der Waals surface area contributed by atoms with Crippen molar-refractivity contribution >= 4 is 16.9 Å². The molecule has 3 aromatic rings. The summed E-state index contributed by atoms with van der Waals surface area (Å²) in [6.45, 7) is 1.42. The highest BCUT2D eigenvalue weighted by Gasteiger charge is 1.99. The number of aromatic nitrogens is 2. The SMILES string of the molecule is COc1ccc(OCCCNc2cnc3ccccc3n2)cc1. The Kier molecular flexibility index (Phi) is 4.88. The van der Waals surface area contributed by atoms with Crippen LogP contribution in [0.5, 0.6) is 11.5 Å². The molecule has 0 saturated carbocycles. The van der Waals surface area contributed by atoms with Crippen molar-refractivity contribution in [2.45, 2.75) is 6.42 Å². The van der Waals surface area contributed by atoms with Crippen molar-refractivity contribution in [2.75, 3.05) is 25.6 Å². The quantitative estimate of drug-likeness (QED) is 0.677. The molecular weight excluding hydrogens is 290 g/mol. The van der Waals surface area contributed by atoms with Crippen LogP contribution in [0, 0.1) is 0 Å². The molecule has 0 radical (unpaired) electrons. The second-order valence-corrected chi connectivity index (χ2v) is 5.05. The maximum absolute atomic E-state index is 5.68. The van der Waals surface area contributed by atoms with Crippen molar-refractivity contribution in [3.63, 3.8) is 0 Å². The summed E-state index contributed by atoms with van der Waals surface area (Å²) >= 11 is 0. The van der Waals surface area contributed by atoms with Gasteiger partial charge in [-0.3, -0.25) is 4.98 Å². The van der Waals surface area contributed by atoms with Gasteiger partial charge < -0.3 is 14.8 Å². The number of rotatable bonds is 7. The molecule has 0 spiro atoms. The topological polar surface area (TPSA) is 56.3 Å². The lowest BCUT2D eigenvalue weighted by molar-refractivity contribution is 0.314. The number of nitrogens with zero attached hydrogens (tertiary/aromatic N) is 2. The second kappa shape index (κ2) is 7.45. The molecule has 0 fully saturated rings. The van der Waals surface area contributed by atoms with Crippen LogP contribution in [0.3, 0.4) is 0 Å². The summed E-state index contributed by atoms with van der Waals surface area (Å²) in [5, 5.41) is 3.27. The van der Waals surface area contributed by atoms with Gasteiger partial charge in [0, 0.05) is 6.54 Å². The highest BCUT2D eigenvalue weighted by Crippen LogP contribution is 2.17. The van der Waals surface area contributed by atoms with Crippen molar-refractivity contribution < 1.29 is 9.47 Å². The monoisotopic (exact) mass is 309 g/mol. The number of ether oxygens (including phenoxy) is 2. The lowest BCUT2D eigenvalue weighted by Crippen LogP contribution is -2.08. The van der Waals surface area contributed by atoms with E-state index in [9.17, 15) is 0 Å². The fraction of sp³-hybridized carbons (Fsp3) is 0.222. The Hall–Kier alpha value is -2.82. The van der Waals surface area contributed by atoms with Crippen molar-refractivity contribution in [2.24, 2.45) is 0 Å². The second-order valence-electron chi connectivity index (χ2n) is 5.05. The minimum atomic E-state index is 0.639. The van der Waals surface area contributed by atoms with Crippen LogP contribution in [0.1, 0.15) is 6.42 Å². The summed E-state index contributed by atoms with van der Waals surface area (Å²) in [4.78, 5) is 8.90. The van der Waals surface area contributed by atoms with Crippen LogP contribution in [-0.2, 0) is 0 Å². The summed E-state index contributed by atoms with van der Waals surface area (Å²) < 4.78 is 10.8. The van der Waals surface area contributed by atoms with E-state index in [1.54, 1.807) is 13.3 Å². The van der Waals surface area contributed by atoms with Gasteiger partial charge in [0.15, 0.2) is 0 Å². The van der Waals surface area contributed by atoms with Gasteiger partial charge in [0.1, 0.15) is 17.3 Å². The molecule has 0 unspecified atom stereocenters. The molecule has 23 heavy (non-hydrogen) atoms. The molecule has 0 bridgehead atoms. The fourth-order valence-electron chi connectivity index (χ4n) is 2.19. The maximum atomic E-state index is 5.68. The first-order valence-corrected chi connectivity index (χ1v) is 7.58. The smallest absolute Gasteiger partial charge is 0.145 e. The number of nitrogens with one attached hydrogen (secondary N) is 1. The van der Waals surface area contributed by atoms with Gasteiger partial charge in [0.05, 0.1) is 30.9 Å². The Morgan fingerprint density at radius 2 is 1.70 bits per heavy atom. The number of fused-ring (bicyclic) bond motifs is 1. The number of methoxy groups -OCH3 is 1. The molecule has 1 aromatic heterocycles. The van der Waals surface area contributed by atoms with Gasteiger partial charge in [-0.05, 0) is 42.8 Å². The van der Waals surface area contributed by atoms with Gasteiger partial charge in [-0.15, -0.1) is 0 Å². The first-order valence-electron chi connectivity index (χ1n) is 7.58. The van der Waals surface area contributed by atoms with Crippen LogP contribution in [0.25, 0.3) is 11.0 Å². The van der Waals surface area contributed by atoms with Gasteiger partial charge in [-0.25, -0.2) is 4.98 Å². The normalized spacial score (nSPS) is 10.5. The molecule has 118 valence electrons. The third-order valence-corrected chi connectivity index (χ3v) is 3.40. The standard InChI is InChI=1S/C18H19N3O2/c1-22-14-7-9-15(10-8-14)23-12-4-11-19-18-13-20-16-5-2-3-6-17(16)21-18/h2-3,5-10,13H,4,11-12H2,1H3,(H,19,21). The van der Waals surface area contributed by atoms with Crippen LogP contribution >= 0.6 is 0 Å². The third kappa shape index (κ3) is 4.10. The summed E-state index contributed by atoms with van der Waals surface area (Å²) in [6, 6.07) is 15.4. The largest absolute Gasteiger partial charge is 0.497 e. The molecular formula is C18H19N3O2. The van der Waals surface area contributed by atoms with E-state index in [0.29, 0.717) is 6.61 Å². The van der Waals surface area contributed by atoms with E-state index in [0.717, 1.165) is 41.3 Å². The molecule has 1 heterocycles. The van der Waals surface area contributed by atoms with Crippen LogP contribution in [0.4, 0.5) is 5.82 Å². The molecule has 0 aliphatic rings. The number of anilines is 1. The minimum absolute atomic E-state index is 0.639. The first kappa shape index (κ1) is 15.1. The Balaban J connectivity index is 1.43.